The van der Waals surface area contributed by atoms with Gasteiger partial charge in [0.05, 0.1) is 17.7 Å². The second-order valence-electron chi connectivity index (χ2n) is 7.95. The molecule has 0 radical (unpaired) electrons. The molecule has 0 aromatic heterocycles. The molecule has 28 heavy (non-hydrogen) atoms. The van der Waals surface area contributed by atoms with E-state index in [1.54, 1.807) is 23.9 Å². The lowest BCUT2D eigenvalue weighted by atomic mass is 10.0. The van der Waals surface area contributed by atoms with Crippen LogP contribution in [-0.2, 0) is 14.3 Å². The average molecular weight is 407 g/mol. The molecule has 3 aliphatic rings. The van der Waals surface area contributed by atoms with Crippen LogP contribution in [0.15, 0.2) is 40.8 Å². The van der Waals surface area contributed by atoms with E-state index in [1.807, 2.05) is 20.8 Å². The second-order valence-corrected chi connectivity index (χ2v) is 8.92. The van der Waals surface area contributed by atoms with Gasteiger partial charge in [0, 0.05) is 17.9 Å². The zero-order valence-electron chi connectivity index (χ0n) is 16.9. The van der Waals surface area contributed by atoms with E-state index in [-0.39, 0.29) is 11.9 Å². The fourth-order valence-electron chi connectivity index (χ4n) is 3.03. The third kappa shape index (κ3) is 5.20. The molecule has 1 aliphatic carbocycles. The first kappa shape index (κ1) is 21.0. The zero-order valence-corrected chi connectivity index (χ0v) is 17.7. The Bertz CT molecular complexity index is 726. The largest absolute Gasteiger partial charge is 0.493 e. The highest BCUT2D eigenvalue weighted by molar-refractivity contribution is 8.14. The van der Waals surface area contributed by atoms with E-state index < -0.39 is 11.8 Å². The summed E-state index contributed by atoms with van der Waals surface area (Å²) in [4.78, 5) is 17.6. The van der Waals surface area contributed by atoms with Crippen LogP contribution in [0.2, 0.25) is 0 Å². The smallest absolute Gasteiger partial charge is 0.249 e. The van der Waals surface area contributed by atoms with Gasteiger partial charge >= 0.3 is 0 Å². The lowest BCUT2D eigenvalue weighted by molar-refractivity contribution is -0.126. The summed E-state index contributed by atoms with van der Waals surface area (Å²) in [6, 6.07) is -0.341. The Balaban J connectivity index is 1.70. The summed E-state index contributed by atoms with van der Waals surface area (Å²) in [6.45, 7) is 10.3. The number of thioether (sulfide) groups is 1. The van der Waals surface area contributed by atoms with Crippen molar-refractivity contribution in [2.24, 2.45) is 10.9 Å². The minimum atomic E-state index is -1.07. The summed E-state index contributed by atoms with van der Waals surface area (Å²) in [5.74, 6) is 2.17. The Labute approximate surface area is 171 Å². The lowest BCUT2D eigenvalue weighted by Gasteiger charge is -2.29. The fourth-order valence-corrected chi connectivity index (χ4v) is 4.15. The number of aliphatic hydroxyl groups is 1. The first-order chi connectivity index (χ1) is 13.3. The number of ether oxygens (including phenoxy) is 2. The van der Waals surface area contributed by atoms with Crippen LogP contribution in [0.4, 0.5) is 0 Å². The van der Waals surface area contributed by atoms with E-state index in [9.17, 15) is 9.90 Å². The molecular weight excluding hydrogens is 376 g/mol. The Hall–Kier alpha value is -1.73. The van der Waals surface area contributed by atoms with Crippen LogP contribution < -0.4 is 5.32 Å². The predicted molar refractivity (Wildman–Crippen MR) is 112 cm³/mol. The van der Waals surface area contributed by atoms with Gasteiger partial charge in [-0.15, -0.1) is 11.8 Å². The molecule has 0 saturated heterocycles. The summed E-state index contributed by atoms with van der Waals surface area (Å²) in [7, 11) is 0. The molecule has 1 unspecified atom stereocenters. The lowest BCUT2D eigenvalue weighted by Crippen LogP contribution is -2.49. The van der Waals surface area contributed by atoms with E-state index in [1.165, 1.54) is 12.8 Å². The van der Waals surface area contributed by atoms with Crippen LogP contribution in [0.5, 0.6) is 0 Å². The molecule has 1 saturated carbocycles. The first-order valence-electron chi connectivity index (χ1n) is 9.91. The number of nitrogens with zero attached hydrogens (tertiary/aromatic N) is 1. The SMILES string of the molecule is C=C(C)C1=N[C@](C)(C(=O)N[C@H](CCC)C2=CC(OCC3CC3)=CC(O)O2)CS1. The highest BCUT2D eigenvalue weighted by atomic mass is 32.2. The van der Waals surface area contributed by atoms with Crippen LogP contribution in [0.3, 0.4) is 0 Å². The molecule has 7 heteroatoms. The number of aliphatic imine (C=N–C) groups is 1. The highest BCUT2D eigenvalue weighted by Crippen LogP contribution is 2.32. The third-order valence-electron chi connectivity index (χ3n) is 4.95. The molecule has 6 nitrogen and oxygen atoms in total. The summed E-state index contributed by atoms with van der Waals surface area (Å²) in [6.07, 6.45) is 6.20. The molecule has 0 spiro atoms. The summed E-state index contributed by atoms with van der Waals surface area (Å²) in [5, 5.41) is 14.0. The molecule has 0 bridgehead atoms. The maximum atomic E-state index is 13.0. The van der Waals surface area contributed by atoms with Crippen molar-refractivity contribution in [3.8, 4) is 0 Å². The molecule has 154 valence electrons. The number of allylic oxidation sites excluding steroid dienone is 1. The molecular formula is C21H30N2O4S. The fraction of sp³-hybridized carbons (Fsp3) is 0.619. The Morgan fingerprint density at radius 1 is 1.57 bits per heavy atom. The molecule has 1 amide bonds. The maximum absolute atomic E-state index is 13.0. The summed E-state index contributed by atoms with van der Waals surface area (Å²) < 4.78 is 11.4. The third-order valence-corrected chi connectivity index (χ3v) is 6.37. The number of carbonyl (C=O) groups excluding carboxylic acids is 1. The Kier molecular flexibility index (Phi) is 6.55. The van der Waals surface area contributed by atoms with Gasteiger partial charge in [0.1, 0.15) is 17.1 Å². The van der Waals surface area contributed by atoms with Gasteiger partial charge in [-0.1, -0.05) is 19.9 Å². The van der Waals surface area contributed by atoms with Crippen LogP contribution in [-0.4, -0.2) is 46.3 Å². The van der Waals surface area contributed by atoms with E-state index in [4.69, 9.17) is 9.47 Å². The van der Waals surface area contributed by atoms with Gasteiger partial charge in [-0.25, -0.2) is 0 Å². The van der Waals surface area contributed by atoms with Crippen molar-refractivity contribution in [3.05, 3.63) is 35.8 Å². The van der Waals surface area contributed by atoms with Gasteiger partial charge in [0.2, 0.25) is 12.2 Å². The van der Waals surface area contributed by atoms with Crippen molar-refractivity contribution in [2.75, 3.05) is 12.4 Å². The van der Waals surface area contributed by atoms with Crippen LogP contribution >= 0.6 is 11.8 Å². The number of hydrogen-bond acceptors (Lipinski definition) is 6. The average Bonchev–Trinajstić information content (AvgIpc) is 3.38. The van der Waals surface area contributed by atoms with Gasteiger partial charge in [0.15, 0.2) is 0 Å². The number of amides is 1. The summed E-state index contributed by atoms with van der Waals surface area (Å²) in [5.41, 5.74) is 0.0376. The van der Waals surface area contributed by atoms with Gasteiger partial charge < -0.3 is 19.9 Å². The molecule has 1 fully saturated rings. The molecule has 0 aromatic carbocycles. The normalized spacial score (nSPS) is 27.9. The number of carbonyl (C=O) groups is 1. The molecule has 2 heterocycles. The Morgan fingerprint density at radius 2 is 2.32 bits per heavy atom. The van der Waals surface area contributed by atoms with Crippen molar-refractivity contribution < 1.29 is 19.4 Å². The molecule has 3 rings (SSSR count). The molecule has 0 aromatic rings. The van der Waals surface area contributed by atoms with Crippen molar-refractivity contribution in [3.63, 3.8) is 0 Å². The van der Waals surface area contributed by atoms with E-state index in [0.717, 1.165) is 17.0 Å². The van der Waals surface area contributed by atoms with Gasteiger partial charge in [-0.3, -0.25) is 9.79 Å². The van der Waals surface area contributed by atoms with Crippen molar-refractivity contribution >= 4 is 22.7 Å². The van der Waals surface area contributed by atoms with Gasteiger partial charge in [-0.05, 0) is 44.6 Å². The van der Waals surface area contributed by atoms with Crippen molar-refractivity contribution in [1.29, 1.82) is 0 Å². The maximum Gasteiger partial charge on any atom is 0.249 e. The standard InChI is InChI=1S/C21H30N2O4S/c1-5-6-16(22-20(25)21(4)12-28-19(23-21)13(2)3)17-9-15(10-18(24)27-17)26-11-14-7-8-14/h9-10,14,16,18,24H,2,5-8,11-12H2,1,3-4H3,(H,22,25)/t16-,18?,21+/m1/s1. The highest BCUT2D eigenvalue weighted by Gasteiger charge is 2.40. The number of rotatable bonds is 9. The number of nitrogens with one attached hydrogen (secondary N) is 1. The van der Waals surface area contributed by atoms with E-state index in [2.05, 4.69) is 16.9 Å². The van der Waals surface area contributed by atoms with Gasteiger partial charge in [-0.2, -0.15) is 0 Å². The van der Waals surface area contributed by atoms with Crippen molar-refractivity contribution in [2.45, 2.75) is 64.3 Å². The van der Waals surface area contributed by atoms with Crippen molar-refractivity contribution in [1.82, 2.24) is 5.32 Å². The first-order valence-corrected chi connectivity index (χ1v) is 10.9. The second kappa shape index (κ2) is 8.74. The van der Waals surface area contributed by atoms with Crippen LogP contribution in [0, 0.1) is 5.92 Å². The van der Waals surface area contributed by atoms with E-state index >= 15 is 0 Å². The topological polar surface area (TPSA) is 80.2 Å². The minimum absolute atomic E-state index is 0.149. The predicted octanol–water partition coefficient (Wildman–Crippen LogP) is 3.29. The zero-order chi connectivity index (χ0) is 20.3. The van der Waals surface area contributed by atoms with E-state index in [0.29, 0.717) is 36.2 Å². The Morgan fingerprint density at radius 3 is 2.93 bits per heavy atom. The quantitative estimate of drug-likeness (QED) is 0.614. The van der Waals surface area contributed by atoms with Crippen LogP contribution in [0.1, 0.15) is 46.5 Å². The molecule has 2 N–H and O–H groups in total. The van der Waals surface area contributed by atoms with Crippen LogP contribution in [0.25, 0.3) is 0 Å². The van der Waals surface area contributed by atoms with Gasteiger partial charge in [0.25, 0.3) is 0 Å². The minimum Gasteiger partial charge on any atom is -0.493 e. The monoisotopic (exact) mass is 406 g/mol. The summed E-state index contributed by atoms with van der Waals surface area (Å²) >= 11 is 1.55. The number of aliphatic hydroxyl groups excluding tert-OH is 1. The molecule has 3 atom stereocenters. The number of hydrogen-bond donors (Lipinski definition) is 2. The molecule has 2 aliphatic heterocycles.